The van der Waals surface area contributed by atoms with E-state index in [2.05, 4.69) is 15.5 Å². The standard InChI is InChI=1S/C12H16F2N4O4/c1-3-21-5-8(19)18-6-12(13,14)4-7(18)11-16-9(17-22-11)10(20)15-2/h7H,3-6H2,1-2H3,(H,15,20)/t7-/m0/s1. The quantitative estimate of drug-likeness (QED) is 0.842. The van der Waals surface area contributed by atoms with E-state index in [1.54, 1.807) is 6.92 Å². The molecule has 0 radical (unpaired) electrons. The molecule has 1 aliphatic heterocycles. The van der Waals surface area contributed by atoms with Gasteiger partial charge in [-0.25, -0.2) is 8.78 Å². The molecule has 0 aliphatic carbocycles. The van der Waals surface area contributed by atoms with E-state index in [1.165, 1.54) is 7.05 Å². The van der Waals surface area contributed by atoms with Crippen LogP contribution in [0.4, 0.5) is 8.78 Å². The number of nitrogens with zero attached hydrogens (tertiary/aromatic N) is 3. The SMILES string of the molecule is CCOCC(=O)N1CC(F)(F)C[C@H]1c1nc(C(=O)NC)no1. The number of ether oxygens (including phenoxy) is 1. The molecule has 10 heteroatoms. The largest absolute Gasteiger partial charge is 0.372 e. The number of carbonyl (C=O) groups excluding carboxylic acids is 2. The average Bonchev–Trinajstić information content (AvgIpc) is 3.08. The van der Waals surface area contributed by atoms with Gasteiger partial charge in [0.2, 0.25) is 11.8 Å². The van der Waals surface area contributed by atoms with Crippen LogP contribution < -0.4 is 5.32 Å². The van der Waals surface area contributed by atoms with Crippen molar-refractivity contribution in [1.29, 1.82) is 0 Å². The van der Waals surface area contributed by atoms with Crippen LogP contribution in [0.15, 0.2) is 4.52 Å². The van der Waals surface area contributed by atoms with Crippen LogP contribution in [0.3, 0.4) is 0 Å². The van der Waals surface area contributed by atoms with E-state index in [0.717, 1.165) is 4.90 Å². The van der Waals surface area contributed by atoms with Crippen LogP contribution in [0, 0.1) is 0 Å². The molecule has 1 fully saturated rings. The predicted octanol–water partition coefficient (Wildman–Crippen LogP) is 0.374. The van der Waals surface area contributed by atoms with Gasteiger partial charge < -0.3 is 19.5 Å². The molecule has 0 unspecified atom stereocenters. The Balaban J connectivity index is 2.20. The van der Waals surface area contributed by atoms with E-state index in [4.69, 9.17) is 9.26 Å². The molecule has 0 aromatic carbocycles. The highest BCUT2D eigenvalue weighted by atomic mass is 19.3. The lowest BCUT2D eigenvalue weighted by atomic mass is 10.2. The van der Waals surface area contributed by atoms with Crippen molar-refractivity contribution < 1.29 is 27.6 Å². The number of hydrogen-bond donors (Lipinski definition) is 1. The van der Waals surface area contributed by atoms with Gasteiger partial charge in [0.1, 0.15) is 12.6 Å². The van der Waals surface area contributed by atoms with Crippen LogP contribution in [-0.2, 0) is 9.53 Å². The van der Waals surface area contributed by atoms with Gasteiger partial charge in [-0.05, 0) is 6.92 Å². The smallest absolute Gasteiger partial charge is 0.292 e. The molecule has 0 spiro atoms. The molecule has 1 aliphatic rings. The molecule has 2 rings (SSSR count). The monoisotopic (exact) mass is 318 g/mol. The van der Waals surface area contributed by atoms with Gasteiger partial charge in [-0.15, -0.1) is 0 Å². The van der Waals surface area contributed by atoms with Crippen LogP contribution >= 0.6 is 0 Å². The second kappa shape index (κ2) is 6.34. The van der Waals surface area contributed by atoms with Gasteiger partial charge in [-0.2, -0.15) is 4.98 Å². The first-order valence-electron chi connectivity index (χ1n) is 6.68. The molecule has 22 heavy (non-hydrogen) atoms. The number of rotatable bonds is 5. The van der Waals surface area contributed by atoms with Crippen molar-refractivity contribution in [2.24, 2.45) is 0 Å². The third-order valence-corrected chi connectivity index (χ3v) is 3.18. The van der Waals surface area contributed by atoms with Gasteiger partial charge in [-0.1, -0.05) is 5.16 Å². The summed E-state index contributed by atoms with van der Waals surface area (Å²) in [7, 11) is 1.38. The van der Waals surface area contributed by atoms with Gasteiger partial charge >= 0.3 is 0 Å². The van der Waals surface area contributed by atoms with Crippen LogP contribution in [0.25, 0.3) is 0 Å². The Labute approximate surface area is 124 Å². The van der Waals surface area contributed by atoms with Gasteiger partial charge in [-0.3, -0.25) is 9.59 Å². The Bertz CT molecular complexity index is 563. The zero-order valence-electron chi connectivity index (χ0n) is 12.1. The first kappa shape index (κ1) is 16.3. The number of carbonyl (C=O) groups is 2. The summed E-state index contributed by atoms with van der Waals surface area (Å²) in [5.74, 6) is -4.73. The number of hydrogen-bond acceptors (Lipinski definition) is 6. The molecule has 1 atom stereocenters. The zero-order valence-corrected chi connectivity index (χ0v) is 12.1. The highest BCUT2D eigenvalue weighted by Gasteiger charge is 2.49. The number of halogens is 2. The maximum atomic E-state index is 13.6. The fraction of sp³-hybridized carbons (Fsp3) is 0.667. The van der Waals surface area contributed by atoms with E-state index in [-0.39, 0.29) is 18.3 Å². The second-order valence-corrected chi connectivity index (χ2v) is 4.77. The first-order chi connectivity index (χ1) is 10.4. The minimum atomic E-state index is -3.06. The van der Waals surface area contributed by atoms with Crippen molar-refractivity contribution in [1.82, 2.24) is 20.4 Å². The molecule has 1 saturated heterocycles. The molecular weight excluding hydrogens is 302 g/mol. The second-order valence-electron chi connectivity index (χ2n) is 4.77. The Morgan fingerprint density at radius 1 is 1.55 bits per heavy atom. The predicted molar refractivity (Wildman–Crippen MR) is 68.2 cm³/mol. The minimum Gasteiger partial charge on any atom is -0.372 e. The van der Waals surface area contributed by atoms with Crippen molar-refractivity contribution >= 4 is 11.8 Å². The van der Waals surface area contributed by atoms with Gasteiger partial charge in [0.05, 0.1) is 6.54 Å². The highest BCUT2D eigenvalue weighted by Crippen LogP contribution is 2.40. The summed E-state index contributed by atoms with van der Waals surface area (Å²) in [6.45, 7) is 0.930. The molecule has 0 saturated carbocycles. The third kappa shape index (κ3) is 3.38. The summed E-state index contributed by atoms with van der Waals surface area (Å²) in [5, 5.41) is 5.71. The summed E-state index contributed by atoms with van der Waals surface area (Å²) in [6, 6.07) is -1.08. The van der Waals surface area contributed by atoms with Gasteiger partial charge in [0, 0.05) is 20.1 Å². The molecule has 1 aromatic heterocycles. The van der Waals surface area contributed by atoms with Crippen molar-refractivity contribution in [2.75, 3.05) is 26.8 Å². The zero-order chi connectivity index (χ0) is 16.3. The molecule has 1 aromatic rings. The molecule has 2 heterocycles. The fourth-order valence-electron chi connectivity index (χ4n) is 2.15. The van der Waals surface area contributed by atoms with Crippen molar-refractivity contribution in [2.45, 2.75) is 25.3 Å². The van der Waals surface area contributed by atoms with Gasteiger partial charge in [0.25, 0.3) is 17.7 Å². The molecule has 122 valence electrons. The van der Waals surface area contributed by atoms with E-state index in [9.17, 15) is 18.4 Å². The highest BCUT2D eigenvalue weighted by molar-refractivity contribution is 5.89. The van der Waals surface area contributed by atoms with Crippen molar-refractivity contribution in [3.8, 4) is 0 Å². The number of amides is 2. The molecule has 2 amide bonds. The summed E-state index contributed by atoms with van der Waals surface area (Å²) < 4.78 is 37.1. The molecular formula is C12H16F2N4O4. The Kier molecular flexibility index (Phi) is 4.69. The third-order valence-electron chi connectivity index (χ3n) is 3.18. The average molecular weight is 318 g/mol. The maximum Gasteiger partial charge on any atom is 0.292 e. The maximum absolute atomic E-state index is 13.6. The Morgan fingerprint density at radius 2 is 2.27 bits per heavy atom. The number of likely N-dealkylation sites (tertiary alicyclic amines) is 1. The van der Waals surface area contributed by atoms with Crippen LogP contribution in [0.5, 0.6) is 0 Å². The van der Waals surface area contributed by atoms with Gasteiger partial charge in [0.15, 0.2) is 0 Å². The topological polar surface area (TPSA) is 97.6 Å². The Morgan fingerprint density at radius 3 is 2.91 bits per heavy atom. The minimum absolute atomic E-state index is 0.194. The van der Waals surface area contributed by atoms with Crippen molar-refractivity contribution in [3.63, 3.8) is 0 Å². The summed E-state index contributed by atoms with van der Waals surface area (Å²) in [5.41, 5.74) is 0. The lowest BCUT2D eigenvalue weighted by Crippen LogP contribution is -2.35. The molecule has 0 bridgehead atoms. The van der Waals surface area contributed by atoms with E-state index in [0.29, 0.717) is 6.61 Å². The summed E-state index contributed by atoms with van der Waals surface area (Å²) >= 11 is 0. The number of nitrogens with one attached hydrogen (secondary N) is 1. The van der Waals surface area contributed by atoms with Crippen LogP contribution in [0.2, 0.25) is 0 Å². The number of alkyl halides is 2. The van der Waals surface area contributed by atoms with Crippen LogP contribution in [-0.4, -0.2) is 59.6 Å². The van der Waals surface area contributed by atoms with Crippen LogP contribution in [0.1, 0.15) is 35.9 Å². The van der Waals surface area contributed by atoms with E-state index < -0.39 is 36.7 Å². The van der Waals surface area contributed by atoms with Crippen molar-refractivity contribution in [3.05, 3.63) is 11.7 Å². The van der Waals surface area contributed by atoms with E-state index >= 15 is 0 Å². The summed E-state index contributed by atoms with van der Waals surface area (Å²) in [6.07, 6.45) is -0.639. The number of aromatic nitrogens is 2. The lowest BCUT2D eigenvalue weighted by Gasteiger charge is -2.20. The first-order valence-corrected chi connectivity index (χ1v) is 6.68. The van der Waals surface area contributed by atoms with E-state index in [1.807, 2.05) is 0 Å². The normalized spacial score (nSPS) is 20.2. The lowest BCUT2D eigenvalue weighted by molar-refractivity contribution is -0.138. The molecule has 1 N–H and O–H groups in total. The summed E-state index contributed by atoms with van der Waals surface area (Å²) in [4.78, 5) is 28.1. The fourth-order valence-corrected chi connectivity index (χ4v) is 2.15. The molecule has 8 nitrogen and oxygen atoms in total. The Hall–Kier alpha value is -2.10.